The summed E-state index contributed by atoms with van der Waals surface area (Å²) >= 11 is 0. The molecule has 0 aliphatic heterocycles. The Labute approximate surface area is 575 Å². The first-order valence-corrected chi connectivity index (χ1v) is 41.9. The minimum atomic E-state index is -4.96. The summed E-state index contributed by atoms with van der Waals surface area (Å²) in [6.07, 6.45) is 51.4. The van der Waals surface area contributed by atoms with Gasteiger partial charge in [0.15, 0.2) is 12.2 Å². The molecule has 0 aliphatic rings. The molecule has 558 valence electrons. The Bertz CT molecular complexity index is 1840. The average molecular weight is 1380 g/mol. The lowest BCUT2D eigenvalue weighted by atomic mass is 9.99. The van der Waals surface area contributed by atoms with E-state index in [0.717, 1.165) is 114 Å². The SMILES string of the molecule is CCCCCCCCCCCCCCCCCCCCCC(=O)O[C@H](COC(=O)CCCCCCCCCCCCC(C)CC)COP(=O)(O)OC[C@@H](O)COP(=O)(O)OC[C@@H](COC(=O)CCCCCCCCC(C)CC)OC(=O)CCCCCCCCCCC(C)C. The molecule has 0 aliphatic carbocycles. The van der Waals surface area contributed by atoms with Gasteiger partial charge in [0.25, 0.3) is 0 Å². The molecule has 0 radical (unpaired) electrons. The summed E-state index contributed by atoms with van der Waals surface area (Å²) in [5.74, 6) is 0.136. The van der Waals surface area contributed by atoms with E-state index in [-0.39, 0.29) is 25.7 Å². The molecule has 0 rings (SSSR count). The molecule has 94 heavy (non-hydrogen) atoms. The second kappa shape index (κ2) is 65.7. The fraction of sp³-hybridized carbons (Fsp3) is 0.947. The third-order valence-electron chi connectivity index (χ3n) is 18.1. The van der Waals surface area contributed by atoms with Crippen LogP contribution >= 0.6 is 15.6 Å². The van der Waals surface area contributed by atoms with Gasteiger partial charge in [-0.15, -0.1) is 0 Å². The van der Waals surface area contributed by atoms with Crippen molar-refractivity contribution in [3.63, 3.8) is 0 Å². The average Bonchev–Trinajstić information content (AvgIpc) is 1.72. The van der Waals surface area contributed by atoms with Gasteiger partial charge in [0.1, 0.15) is 19.3 Å². The third-order valence-corrected chi connectivity index (χ3v) is 20.0. The van der Waals surface area contributed by atoms with Crippen molar-refractivity contribution >= 4 is 39.5 Å². The molecule has 0 amide bonds. The van der Waals surface area contributed by atoms with Crippen LogP contribution < -0.4 is 0 Å². The lowest BCUT2D eigenvalue weighted by Gasteiger charge is -2.21. The number of esters is 4. The molecule has 4 unspecified atom stereocenters. The van der Waals surface area contributed by atoms with E-state index in [1.807, 2.05) is 0 Å². The highest BCUT2D eigenvalue weighted by Gasteiger charge is 2.30. The van der Waals surface area contributed by atoms with Crippen LogP contribution in [0.1, 0.15) is 382 Å². The van der Waals surface area contributed by atoms with Crippen molar-refractivity contribution < 1.29 is 80.2 Å². The van der Waals surface area contributed by atoms with Gasteiger partial charge in [0.05, 0.1) is 26.4 Å². The zero-order valence-electron chi connectivity index (χ0n) is 61.4. The summed E-state index contributed by atoms with van der Waals surface area (Å²) < 4.78 is 68.5. The molecule has 19 heteroatoms. The highest BCUT2D eigenvalue weighted by Crippen LogP contribution is 2.45. The monoisotopic (exact) mass is 1380 g/mol. The number of carbonyl (C=O) groups is 4. The van der Waals surface area contributed by atoms with Gasteiger partial charge in [-0.3, -0.25) is 37.3 Å². The Morgan fingerprint density at radius 1 is 0.309 bits per heavy atom. The molecule has 7 atom stereocenters. The number of aliphatic hydroxyl groups is 1. The Morgan fingerprint density at radius 3 is 0.809 bits per heavy atom. The molecule has 0 saturated carbocycles. The normalized spacial score (nSPS) is 14.7. The Kier molecular flexibility index (Phi) is 64.3. The highest BCUT2D eigenvalue weighted by atomic mass is 31.2. The van der Waals surface area contributed by atoms with Crippen LogP contribution in [-0.4, -0.2) is 96.7 Å². The van der Waals surface area contributed by atoms with Crippen LogP contribution in [0.3, 0.4) is 0 Å². The van der Waals surface area contributed by atoms with Crippen molar-refractivity contribution in [1.29, 1.82) is 0 Å². The van der Waals surface area contributed by atoms with Gasteiger partial charge in [-0.05, 0) is 43.4 Å². The zero-order chi connectivity index (χ0) is 69.4. The summed E-state index contributed by atoms with van der Waals surface area (Å²) in [6.45, 7) is 11.8. The molecule has 17 nitrogen and oxygen atoms in total. The van der Waals surface area contributed by atoms with Gasteiger partial charge in [-0.25, -0.2) is 9.13 Å². The summed E-state index contributed by atoms with van der Waals surface area (Å²) in [7, 11) is -9.91. The number of hydrogen-bond acceptors (Lipinski definition) is 15. The molecular weight excluding hydrogens is 1230 g/mol. The zero-order valence-corrected chi connectivity index (χ0v) is 63.2. The van der Waals surface area contributed by atoms with Crippen LogP contribution in [0.15, 0.2) is 0 Å². The molecule has 0 aromatic heterocycles. The molecule has 0 aromatic carbocycles. The lowest BCUT2D eigenvalue weighted by Crippen LogP contribution is -2.30. The standard InChI is InChI=1S/C75H146O17P2/c1-8-11-12-13-14-15-16-17-18-19-20-21-22-23-24-29-35-44-51-58-74(79)91-70(62-85-72(77)56-49-42-34-28-26-25-27-33-40-47-54-67(6)9-2)64-89-93(81,82)87-60-69(76)61-88-94(83,84)90-65-71(63-86-73(78)57-50-43-38-37-41-48-55-68(7)10-3)92-75(80)59-52-45-36-31-30-32-39-46-53-66(4)5/h66-71,76H,8-65H2,1-7H3,(H,81,82)(H,83,84)/t67?,68?,69-,70-,71-/m1/s1. The predicted octanol–water partition coefficient (Wildman–Crippen LogP) is 21.8. The highest BCUT2D eigenvalue weighted by molar-refractivity contribution is 7.47. The van der Waals surface area contributed by atoms with Crippen LogP contribution in [0.25, 0.3) is 0 Å². The van der Waals surface area contributed by atoms with E-state index in [2.05, 4.69) is 48.5 Å². The third kappa shape index (κ3) is 66.0. The van der Waals surface area contributed by atoms with Gasteiger partial charge >= 0.3 is 39.5 Å². The van der Waals surface area contributed by atoms with E-state index >= 15 is 0 Å². The van der Waals surface area contributed by atoms with E-state index in [9.17, 15) is 43.2 Å². The first-order valence-electron chi connectivity index (χ1n) is 38.9. The van der Waals surface area contributed by atoms with E-state index in [4.69, 9.17) is 37.0 Å². The number of phosphoric acid groups is 2. The van der Waals surface area contributed by atoms with E-state index in [1.165, 1.54) is 186 Å². The van der Waals surface area contributed by atoms with E-state index in [1.54, 1.807) is 0 Å². The Morgan fingerprint density at radius 2 is 0.543 bits per heavy atom. The minimum absolute atomic E-state index is 0.103. The van der Waals surface area contributed by atoms with Gasteiger partial charge < -0.3 is 33.8 Å². The molecule has 0 aromatic rings. The van der Waals surface area contributed by atoms with Crippen molar-refractivity contribution in [2.24, 2.45) is 17.8 Å². The largest absolute Gasteiger partial charge is 0.472 e. The minimum Gasteiger partial charge on any atom is -0.462 e. The van der Waals surface area contributed by atoms with Crippen LogP contribution in [0.2, 0.25) is 0 Å². The smallest absolute Gasteiger partial charge is 0.462 e. The summed E-state index contributed by atoms with van der Waals surface area (Å²) in [5.41, 5.74) is 0. The summed E-state index contributed by atoms with van der Waals surface area (Å²) in [4.78, 5) is 72.7. The fourth-order valence-corrected chi connectivity index (χ4v) is 12.9. The maximum Gasteiger partial charge on any atom is 0.472 e. The maximum absolute atomic E-state index is 13.1. The van der Waals surface area contributed by atoms with Gasteiger partial charge in [-0.1, -0.05) is 331 Å². The number of ether oxygens (including phenoxy) is 4. The molecule has 0 fully saturated rings. The van der Waals surface area contributed by atoms with Crippen LogP contribution in [0, 0.1) is 17.8 Å². The number of aliphatic hydroxyl groups excluding tert-OH is 1. The van der Waals surface area contributed by atoms with Crippen LogP contribution in [0.4, 0.5) is 0 Å². The number of hydrogen-bond donors (Lipinski definition) is 3. The second-order valence-corrected chi connectivity index (χ2v) is 30.9. The van der Waals surface area contributed by atoms with Crippen molar-refractivity contribution in [3.05, 3.63) is 0 Å². The Balaban J connectivity index is 5.23. The van der Waals surface area contributed by atoms with Crippen molar-refractivity contribution in [1.82, 2.24) is 0 Å². The summed E-state index contributed by atoms with van der Waals surface area (Å²) in [5, 5.41) is 10.6. The van der Waals surface area contributed by atoms with Crippen LogP contribution in [0.5, 0.6) is 0 Å². The number of carbonyl (C=O) groups excluding carboxylic acids is 4. The summed E-state index contributed by atoms with van der Waals surface area (Å²) in [6, 6.07) is 0. The maximum atomic E-state index is 13.1. The van der Waals surface area contributed by atoms with Crippen LogP contribution in [-0.2, 0) is 65.4 Å². The quantitative estimate of drug-likeness (QED) is 0.0222. The van der Waals surface area contributed by atoms with Crippen molar-refractivity contribution in [2.75, 3.05) is 39.6 Å². The number of unbranched alkanes of at least 4 members (excludes halogenated alkanes) is 39. The topological polar surface area (TPSA) is 237 Å². The van der Waals surface area contributed by atoms with Crippen molar-refractivity contribution in [3.8, 4) is 0 Å². The van der Waals surface area contributed by atoms with E-state index in [0.29, 0.717) is 25.7 Å². The van der Waals surface area contributed by atoms with Gasteiger partial charge in [-0.2, -0.15) is 0 Å². The number of phosphoric ester groups is 2. The first kappa shape index (κ1) is 92.1. The lowest BCUT2D eigenvalue weighted by molar-refractivity contribution is -0.161. The molecule has 0 spiro atoms. The number of rotatable bonds is 73. The fourth-order valence-electron chi connectivity index (χ4n) is 11.4. The van der Waals surface area contributed by atoms with E-state index < -0.39 is 97.5 Å². The molecule has 0 saturated heterocycles. The molecule has 3 N–H and O–H groups in total. The molecule has 0 heterocycles. The first-order chi connectivity index (χ1) is 45.3. The predicted molar refractivity (Wildman–Crippen MR) is 381 cm³/mol. The second-order valence-electron chi connectivity index (χ2n) is 28.0. The Hall–Kier alpha value is -1.94. The van der Waals surface area contributed by atoms with Crippen molar-refractivity contribution in [2.45, 2.75) is 401 Å². The molecular formula is C75H146O17P2. The molecule has 0 bridgehead atoms. The van der Waals surface area contributed by atoms with Gasteiger partial charge in [0.2, 0.25) is 0 Å². The van der Waals surface area contributed by atoms with Gasteiger partial charge in [0, 0.05) is 25.7 Å².